The maximum atomic E-state index is 14.7. The zero-order chi connectivity index (χ0) is 64.2. The number of piperidine rings is 1. The number of benzene rings is 3. The normalized spacial score (nSPS) is 18.0. The maximum absolute atomic E-state index is 14.7. The van der Waals surface area contributed by atoms with Crippen molar-refractivity contribution in [3.8, 4) is 0 Å². The number of urea groups is 1. The minimum absolute atomic E-state index is 0.102. The second-order valence-corrected chi connectivity index (χ2v) is 23.4. The Morgan fingerprint density at radius 3 is 2.12 bits per heavy atom. The summed E-state index contributed by atoms with van der Waals surface area (Å²) < 4.78 is 29.0. The van der Waals surface area contributed by atoms with Crippen LogP contribution in [0.4, 0.5) is 21.0 Å². The van der Waals surface area contributed by atoms with E-state index < -0.39 is 83.1 Å². The van der Waals surface area contributed by atoms with Gasteiger partial charge in [0, 0.05) is 74.4 Å². The Hall–Kier alpha value is -8.94. The number of alkyl carbamates (subject to hydrolysis) is 1. The van der Waals surface area contributed by atoms with Crippen molar-refractivity contribution >= 4 is 69.8 Å². The molecule has 25 nitrogen and oxygen atoms in total. The first-order chi connectivity index (χ1) is 43.4. The van der Waals surface area contributed by atoms with Gasteiger partial charge in [0.1, 0.15) is 30.3 Å². The van der Waals surface area contributed by atoms with Crippen molar-refractivity contribution in [1.29, 1.82) is 0 Å². The fourth-order valence-electron chi connectivity index (χ4n) is 11.5. The van der Waals surface area contributed by atoms with E-state index in [1.807, 2.05) is 97.3 Å². The minimum atomic E-state index is -1.33. The number of carbonyl (C=O) groups is 8. The van der Waals surface area contributed by atoms with Crippen LogP contribution in [0.3, 0.4) is 0 Å². The van der Waals surface area contributed by atoms with Gasteiger partial charge in [-0.15, -0.1) is 0 Å². The number of aromatic nitrogens is 2. The number of hydrogen-bond acceptors (Lipinski definition) is 16. The van der Waals surface area contributed by atoms with Crippen molar-refractivity contribution < 1.29 is 62.0 Å². The van der Waals surface area contributed by atoms with E-state index in [0.29, 0.717) is 31.5 Å². The molecule has 5 heterocycles. The predicted octanol–water partition coefficient (Wildman–Crippen LogP) is 4.19. The van der Waals surface area contributed by atoms with E-state index in [9.17, 15) is 43.2 Å². The van der Waals surface area contributed by atoms with Crippen molar-refractivity contribution in [2.45, 2.75) is 108 Å². The molecule has 25 heteroatoms. The van der Waals surface area contributed by atoms with Crippen LogP contribution in [0, 0.1) is 5.92 Å². The molecule has 0 radical (unpaired) electrons. The predicted molar refractivity (Wildman–Crippen MR) is 334 cm³/mol. The quantitative estimate of drug-likeness (QED) is 0.0364. The van der Waals surface area contributed by atoms with Crippen LogP contribution in [0.2, 0.25) is 0 Å². The van der Waals surface area contributed by atoms with Crippen LogP contribution in [-0.4, -0.2) is 183 Å². The van der Waals surface area contributed by atoms with Crippen molar-refractivity contribution in [3.63, 3.8) is 0 Å². The van der Waals surface area contributed by atoms with Crippen LogP contribution < -0.4 is 42.4 Å². The van der Waals surface area contributed by atoms with Crippen LogP contribution in [0.25, 0.3) is 10.8 Å². The summed E-state index contributed by atoms with van der Waals surface area (Å²) in [5.74, 6) is -3.61. The molecule has 0 bridgehead atoms. The summed E-state index contributed by atoms with van der Waals surface area (Å²) in [6.45, 7) is 7.13. The Balaban J connectivity index is 0.804. The minimum Gasteiger partial charge on any atom is -0.468 e. The van der Waals surface area contributed by atoms with E-state index in [0.717, 1.165) is 40.6 Å². The third-order valence-corrected chi connectivity index (χ3v) is 15.9. The molecule has 5 aromatic rings. The number of hydrogen-bond donors (Lipinski definition) is 5. The second kappa shape index (κ2) is 32.5. The highest BCUT2D eigenvalue weighted by atomic mass is 16.6. The maximum Gasteiger partial charge on any atom is 0.408 e. The molecular formula is C65H83N11O14. The van der Waals surface area contributed by atoms with E-state index in [1.54, 1.807) is 31.7 Å². The number of methoxy groups -OCH3 is 1. The average Bonchev–Trinajstić information content (AvgIpc) is 1.51. The molecule has 482 valence electrons. The van der Waals surface area contributed by atoms with E-state index in [4.69, 9.17) is 29.4 Å². The van der Waals surface area contributed by atoms with Gasteiger partial charge in [-0.25, -0.2) is 9.59 Å². The first-order valence-electron chi connectivity index (χ1n) is 30.6. The molecule has 2 aromatic heterocycles. The number of carbonyl (C=O) groups excluding carboxylic acids is 8. The summed E-state index contributed by atoms with van der Waals surface area (Å²) >= 11 is 0. The van der Waals surface area contributed by atoms with Crippen molar-refractivity contribution in [3.05, 3.63) is 137 Å². The lowest BCUT2D eigenvalue weighted by atomic mass is 9.95. The third-order valence-electron chi connectivity index (χ3n) is 15.9. The van der Waals surface area contributed by atoms with Gasteiger partial charge in [0.15, 0.2) is 0 Å². The molecule has 3 fully saturated rings. The second-order valence-electron chi connectivity index (χ2n) is 23.4. The van der Waals surface area contributed by atoms with E-state index in [-0.39, 0.29) is 103 Å². The summed E-state index contributed by atoms with van der Waals surface area (Å²) in [7, 11) is 1.24. The number of nitrogens with two attached hydrogens (primary N) is 1. The molecule has 0 saturated carbocycles. The smallest absolute Gasteiger partial charge is 0.408 e. The van der Waals surface area contributed by atoms with Gasteiger partial charge in [-0.1, -0.05) is 84.9 Å². The Morgan fingerprint density at radius 2 is 1.43 bits per heavy atom. The molecule has 3 aliphatic heterocycles. The van der Waals surface area contributed by atoms with E-state index >= 15 is 0 Å². The number of nitrogens with one attached hydrogen (secondary N) is 4. The molecule has 6 N–H and O–H groups in total. The van der Waals surface area contributed by atoms with Gasteiger partial charge in [0.2, 0.25) is 29.5 Å². The highest BCUT2D eigenvalue weighted by Crippen LogP contribution is 2.33. The van der Waals surface area contributed by atoms with Crippen LogP contribution in [0.5, 0.6) is 0 Å². The van der Waals surface area contributed by atoms with Gasteiger partial charge in [-0.2, -0.15) is 0 Å². The molecule has 3 aromatic carbocycles. The molecule has 8 amide bonds. The van der Waals surface area contributed by atoms with E-state index in [1.165, 1.54) is 33.7 Å². The first kappa shape index (κ1) is 67.0. The molecule has 0 spiro atoms. The monoisotopic (exact) mass is 1240 g/mol. The van der Waals surface area contributed by atoms with Crippen molar-refractivity contribution in [2.75, 3.05) is 95.8 Å². The molecule has 0 unspecified atom stereocenters. The third kappa shape index (κ3) is 18.8. The highest BCUT2D eigenvalue weighted by molar-refractivity contribution is 5.98. The standard InChI is InChI=1S/C65H83N11O14/c1-65(2,3)90-64(85)70-52-42-73(30-27-48-21-24-53(76(48)62(52)83)60(81)69-51(23-25-55(66)77)59(80)71-58(44-14-7-5-8-15-44)45-16-9-6-10-17-45)63(84)68-28-32-87-34-36-89-37-35-88-33-31-75(49-22-26-56(78)74(41-49)43-57(79)86-4)61(82)47-19-13-29-72(40-47)54-39-67-38-46-18-11-12-20-50(46)54/h5-12,14-18,20,22,26,38-39,41,47-48,51-53,58H,13,19,21,23-25,27-37,40,42-43H2,1-4H3,(H2,66,77)(H,68,84)(H,69,81)(H,70,85)(H,71,80)/t47-,48+,51-,52-,53-/m0/s1. The number of fused-ring (bicyclic) bond motifs is 2. The molecule has 3 aliphatic rings. The van der Waals surface area contributed by atoms with Gasteiger partial charge >= 0.3 is 18.1 Å². The highest BCUT2D eigenvalue weighted by Gasteiger charge is 2.46. The molecule has 3 saturated heterocycles. The Bertz CT molecular complexity index is 3280. The lowest BCUT2D eigenvalue weighted by molar-refractivity contribution is -0.144. The average molecular weight is 1240 g/mol. The van der Waals surface area contributed by atoms with Gasteiger partial charge in [-0.05, 0) is 76.5 Å². The number of esters is 1. The lowest BCUT2D eigenvalue weighted by Gasteiger charge is -2.39. The molecule has 0 aliphatic carbocycles. The summed E-state index contributed by atoms with van der Waals surface area (Å²) in [6, 6.07) is 24.3. The van der Waals surface area contributed by atoms with E-state index in [2.05, 4.69) is 31.2 Å². The summed E-state index contributed by atoms with van der Waals surface area (Å²) in [6.07, 6.45) is 6.25. The number of ether oxygens (including phenoxy) is 5. The molecular weight excluding hydrogens is 1160 g/mol. The summed E-state index contributed by atoms with van der Waals surface area (Å²) in [4.78, 5) is 133. The molecule has 8 rings (SSSR count). The number of pyridine rings is 2. The van der Waals surface area contributed by atoms with Crippen LogP contribution in [0.15, 0.2) is 120 Å². The van der Waals surface area contributed by atoms with Gasteiger partial charge in [-0.3, -0.25) is 38.5 Å². The number of amides is 8. The largest absolute Gasteiger partial charge is 0.468 e. The Kier molecular flexibility index (Phi) is 24.2. The summed E-state index contributed by atoms with van der Waals surface area (Å²) in [5.41, 5.74) is 7.15. The Labute approximate surface area is 523 Å². The first-order valence-corrected chi connectivity index (χ1v) is 30.6. The number of primary amides is 1. The lowest BCUT2D eigenvalue weighted by Crippen LogP contribution is -2.62. The van der Waals surface area contributed by atoms with Crippen LogP contribution in [-0.2, 0) is 59.0 Å². The zero-order valence-electron chi connectivity index (χ0n) is 51.6. The zero-order valence-corrected chi connectivity index (χ0v) is 51.6. The van der Waals surface area contributed by atoms with Crippen molar-refractivity contribution in [2.24, 2.45) is 11.7 Å². The van der Waals surface area contributed by atoms with Gasteiger partial charge < -0.3 is 74.9 Å². The van der Waals surface area contributed by atoms with Gasteiger partial charge in [0.05, 0.1) is 82.8 Å². The number of nitrogens with zero attached hydrogens (tertiary/aromatic N) is 6. The van der Waals surface area contributed by atoms with Crippen LogP contribution in [0.1, 0.15) is 82.9 Å². The van der Waals surface area contributed by atoms with Crippen LogP contribution >= 0.6 is 0 Å². The fourth-order valence-corrected chi connectivity index (χ4v) is 11.5. The molecule has 5 atom stereocenters. The summed E-state index contributed by atoms with van der Waals surface area (Å²) in [5, 5.41) is 13.4. The number of anilines is 2. The Morgan fingerprint density at radius 1 is 0.756 bits per heavy atom. The SMILES string of the molecule is COC(=O)Cn1cc(N(CCOCCOCCOCCNC(=O)N2CC[C@H]3CC[C@@H](C(=O)N[C@@H](CCC(N)=O)C(=O)NC(c4ccccc4)c4ccccc4)N3C(=O)[C@@H](NC(=O)OC(C)(C)C)C2)C(=O)[C@H]2CCCN(c3cncc4ccccc34)C2)ccc1=O. The topological polar surface area (TPSA) is 305 Å². The van der Waals surface area contributed by atoms with Gasteiger partial charge in [0.25, 0.3) is 5.56 Å². The fraction of sp³-hybridized carbons (Fsp3) is 0.477. The van der Waals surface area contributed by atoms with Crippen molar-refractivity contribution in [1.82, 2.24) is 40.6 Å². The molecule has 90 heavy (non-hydrogen) atoms. The number of rotatable bonds is 27.